The van der Waals surface area contributed by atoms with E-state index in [1.165, 1.54) is 0 Å². The van der Waals surface area contributed by atoms with E-state index >= 15 is 0 Å². The summed E-state index contributed by atoms with van der Waals surface area (Å²) in [7, 11) is 0. The van der Waals surface area contributed by atoms with Gasteiger partial charge in [-0.25, -0.2) is 0 Å². The van der Waals surface area contributed by atoms with E-state index in [4.69, 9.17) is 0 Å². The number of carbonyl (C=O) groups is 1. The first-order valence-corrected chi connectivity index (χ1v) is 5.98. The summed E-state index contributed by atoms with van der Waals surface area (Å²) in [5, 5.41) is 2.82. The van der Waals surface area contributed by atoms with Crippen molar-refractivity contribution >= 4 is 17.7 Å². The Balaban J connectivity index is 2.20. The number of nitrogens with two attached hydrogens (primary N) is 1. The molecule has 3 nitrogen and oxygen atoms in total. The Kier molecular flexibility index (Phi) is 2.28. The Labute approximate surface area is 83.2 Å². The van der Waals surface area contributed by atoms with Gasteiger partial charge in [-0.1, -0.05) is 6.92 Å². The highest BCUT2D eigenvalue weighted by Crippen LogP contribution is 2.33. The summed E-state index contributed by atoms with van der Waals surface area (Å²) in [6.45, 7) is 6.48. The van der Waals surface area contributed by atoms with Crippen LogP contribution in [-0.2, 0) is 4.79 Å². The largest absolute Gasteiger partial charge is 0.338 e. The van der Waals surface area contributed by atoms with Crippen LogP contribution in [0.2, 0.25) is 0 Å². The maximum Gasteiger partial charge on any atom is 0.233 e. The molecule has 2 fully saturated rings. The number of nitrogens with zero attached hydrogens (tertiary/aromatic N) is 1. The summed E-state index contributed by atoms with van der Waals surface area (Å²) in [5.74, 6) is 1.02. The molecule has 2 rings (SSSR count). The van der Waals surface area contributed by atoms with Crippen LogP contribution < -0.4 is 5.32 Å². The Morgan fingerprint density at radius 1 is 1.77 bits per heavy atom. The fraction of sp³-hybridized carbons (Fsp3) is 0.889. The van der Waals surface area contributed by atoms with Gasteiger partial charge in [0, 0.05) is 6.42 Å². The minimum atomic E-state index is 0.245. The van der Waals surface area contributed by atoms with Crippen LogP contribution in [0, 0.1) is 0 Å². The van der Waals surface area contributed by atoms with Crippen molar-refractivity contribution in [3.05, 3.63) is 0 Å². The van der Waals surface area contributed by atoms with Gasteiger partial charge in [-0.15, -0.1) is 11.8 Å². The smallest absolute Gasteiger partial charge is 0.233 e. The predicted molar refractivity (Wildman–Crippen MR) is 53.4 cm³/mol. The number of rotatable bonds is 1. The minimum Gasteiger partial charge on any atom is -0.338 e. The molecule has 0 aromatic carbocycles. The van der Waals surface area contributed by atoms with E-state index < -0.39 is 0 Å². The molecule has 0 saturated carbocycles. The molecule has 2 atom stereocenters. The summed E-state index contributed by atoms with van der Waals surface area (Å²) in [5.41, 5.74) is 0.245. The summed E-state index contributed by atoms with van der Waals surface area (Å²) >= 11 is 1.81. The Hall–Kier alpha value is -0.220. The van der Waals surface area contributed by atoms with Crippen molar-refractivity contribution in [3.63, 3.8) is 0 Å². The third-order valence-corrected chi connectivity index (χ3v) is 4.80. The molecule has 13 heavy (non-hydrogen) atoms. The van der Waals surface area contributed by atoms with Gasteiger partial charge in [-0.2, -0.15) is 0 Å². The van der Waals surface area contributed by atoms with Crippen LogP contribution in [0.1, 0.15) is 20.3 Å². The molecule has 2 aliphatic heterocycles. The summed E-state index contributed by atoms with van der Waals surface area (Å²) in [6, 6.07) is 0. The van der Waals surface area contributed by atoms with Crippen LogP contribution in [-0.4, -0.2) is 40.6 Å². The molecule has 0 aliphatic carbocycles. The molecule has 2 aliphatic rings. The molecule has 0 aromatic rings. The van der Waals surface area contributed by atoms with E-state index in [9.17, 15) is 4.79 Å². The summed E-state index contributed by atoms with van der Waals surface area (Å²) in [4.78, 5) is 13.6. The Morgan fingerprint density at radius 2 is 2.54 bits per heavy atom. The number of piperazine rings is 1. The number of quaternary nitrogens is 1. The van der Waals surface area contributed by atoms with Crippen molar-refractivity contribution in [2.75, 3.05) is 18.8 Å². The average Bonchev–Trinajstić information content (AvgIpc) is 2.50. The zero-order valence-corrected chi connectivity index (χ0v) is 9.06. The van der Waals surface area contributed by atoms with Gasteiger partial charge in [0.1, 0.15) is 10.9 Å². The van der Waals surface area contributed by atoms with Crippen molar-refractivity contribution < 1.29 is 10.1 Å². The van der Waals surface area contributed by atoms with E-state index in [2.05, 4.69) is 24.1 Å². The molecule has 4 heteroatoms. The second kappa shape index (κ2) is 3.17. The fourth-order valence-corrected chi connectivity index (χ4v) is 3.71. The van der Waals surface area contributed by atoms with Crippen LogP contribution in [0.4, 0.5) is 0 Å². The molecule has 0 aromatic heterocycles. The van der Waals surface area contributed by atoms with Gasteiger partial charge in [0.25, 0.3) is 0 Å². The second-order valence-corrected chi connectivity index (χ2v) is 5.17. The third-order valence-electron chi connectivity index (χ3n) is 3.27. The van der Waals surface area contributed by atoms with Crippen LogP contribution in [0.5, 0.6) is 0 Å². The molecule has 1 amide bonds. The third kappa shape index (κ3) is 1.36. The summed E-state index contributed by atoms with van der Waals surface area (Å²) in [6.07, 6.45) is 1.13. The summed E-state index contributed by atoms with van der Waals surface area (Å²) < 4.78 is 0. The number of hydrogen-bond acceptors (Lipinski definition) is 2. The maximum absolute atomic E-state index is 11.5. The molecule has 2 saturated heterocycles. The molecule has 0 spiro atoms. The highest BCUT2D eigenvalue weighted by molar-refractivity contribution is 8.01. The first kappa shape index (κ1) is 9.34. The van der Waals surface area contributed by atoms with Crippen molar-refractivity contribution in [2.45, 2.75) is 31.2 Å². The molecule has 0 unspecified atom stereocenters. The number of thioether (sulfide) groups is 1. The van der Waals surface area contributed by atoms with Crippen molar-refractivity contribution in [1.29, 1.82) is 0 Å². The van der Waals surface area contributed by atoms with Gasteiger partial charge < -0.3 is 10.2 Å². The van der Waals surface area contributed by atoms with Crippen LogP contribution in [0.3, 0.4) is 0 Å². The lowest BCUT2D eigenvalue weighted by Gasteiger charge is -2.41. The standard InChI is InChI=1S/C9H16N2OS/c1-3-9(2)8-11(5-4-10-9)7(12)6-13-8/h8,10H,3-6H2,1-2H3/p+1/t8-,9+/m1/s1. The lowest BCUT2D eigenvalue weighted by molar-refractivity contribution is -0.734. The Bertz CT molecular complexity index is 234. The maximum atomic E-state index is 11.5. The highest BCUT2D eigenvalue weighted by atomic mass is 32.2. The monoisotopic (exact) mass is 201 g/mol. The quantitative estimate of drug-likeness (QED) is 0.629. The SMILES string of the molecule is CC[C@]1(C)[NH2+]CCN2C(=O)CS[C@@H]21. The normalized spacial score (nSPS) is 39.4. The molecular formula is C9H17N2OS+. The van der Waals surface area contributed by atoms with Crippen molar-refractivity contribution in [2.24, 2.45) is 0 Å². The average molecular weight is 201 g/mol. The zero-order valence-electron chi connectivity index (χ0n) is 8.25. The zero-order chi connectivity index (χ0) is 9.47. The molecular weight excluding hydrogens is 184 g/mol. The first-order valence-electron chi connectivity index (χ1n) is 4.93. The molecule has 74 valence electrons. The number of amides is 1. The number of hydrogen-bond donors (Lipinski definition) is 1. The number of fused-ring (bicyclic) bond motifs is 1. The van der Waals surface area contributed by atoms with E-state index in [1.807, 2.05) is 11.8 Å². The van der Waals surface area contributed by atoms with Crippen molar-refractivity contribution in [1.82, 2.24) is 4.90 Å². The van der Waals surface area contributed by atoms with Crippen LogP contribution in [0.15, 0.2) is 0 Å². The van der Waals surface area contributed by atoms with Gasteiger partial charge in [0.2, 0.25) is 5.91 Å². The van der Waals surface area contributed by atoms with Crippen LogP contribution >= 0.6 is 11.8 Å². The molecule has 0 radical (unpaired) electrons. The van der Waals surface area contributed by atoms with Gasteiger partial charge in [-0.05, 0) is 6.92 Å². The Morgan fingerprint density at radius 3 is 3.23 bits per heavy atom. The van der Waals surface area contributed by atoms with Gasteiger partial charge in [0.05, 0.1) is 18.8 Å². The molecule has 0 bridgehead atoms. The topological polar surface area (TPSA) is 36.9 Å². The second-order valence-electron chi connectivity index (χ2n) is 4.10. The van der Waals surface area contributed by atoms with E-state index in [0.29, 0.717) is 17.0 Å². The van der Waals surface area contributed by atoms with E-state index in [-0.39, 0.29) is 5.54 Å². The van der Waals surface area contributed by atoms with Gasteiger partial charge in [-0.3, -0.25) is 4.79 Å². The van der Waals surface area contributed by atoms with E-state index in [0.717, 1.165) is 19.5 Å². The predicted octanol–water partition coefficient (Wildman–Crippen LogP) is -0.366. The first-order chi connectivity index (χ1) is 6.17. The van der Waals surface area contributed by atoms with Gasteiger partial charge >= 0.3 is 0 Å². The minimum absolute atomic E-state index is 0.245. The molecule has 2 heterocycles. The van der Waals surface area contributed by atoms with Crippen LogP contribution in [0.25, 0.3) is 0 Å². The lowest BCUT2D eigenvalue weighted by atomic mass is 9.95. The van der Waals surface area contributed by atoms with Crippen molar-refractivity contribution in [3.8, 4) is 0 Å². The fourth-order valence-electron chi connectivity index (χ4n) is 2.20. The number of carbonyl (C=O) groups excluding carboxylic acids is 1. The van der Waals surface area contributed by atoms with E-state index in [1.54, 1.807) is 0 Å². The molecule has 2 N–H and O–H groups in total. The van der Waals surface area contributed by atoms with Gasteiger partial charge in [0.15, 0.2) is 0 Å². The lowest BCUT2D eigenvalue weighted by Crippen LogP contribution is -3.02. The highest BCUT2D eigenvalue weighted by Gasteiger charge is 2.48.